The van der Waals surface area contributed by atoms with E-state index in [1.165, 1.54) is 24.0 Å². The lowest BCUT2D eigenvalue weighted by Gasteiger charge is -2.29. The summed E-state index contributed by atoms with van der Waals surface area (Å²) in [7, 11) is 0. The van der Waals surface area contributed by atoms with Crippen molar-refractivity contribution in [2.45, 2.75) is 31.6 Å². The largest absolute Gasteiger partial charge is 0.368 e. The van der Waals surface area contributed by atoms with E-state index in [4.69, 9.17) is 15.7 Å². The summed E-state index contributed by atoms with van der Waals surface area (Å²) < 4.78 is 0. The molecule has 26 heavy (non-hydrogen) atoms. The number of anilines is 2. The van der Waals surface area contributed by atoms with E-state index in [0.29, 0.717) is 11.9 Å². The fourth-order valence-electron chi connectivity index (χ4n) is 5.17. The number of nitrogens with one attached hydrogen (secondary N) is 1. The zero-order valence-electron chi connectivity index (χ0n) is 15.2. The molecular weight excluding hydrogens is 322 g/mol. The topological polar surface area (TPSA) is 67.1 Å². The first kappa shape index (κ1) is 16.1. The lowest BCUT2D eigenvalue weighted by molar-refractivity contribution is 0.318. The fraction of sp³-hybridized carbons (Fsp3) is 0.524. The van der Waals surface area contributed by atoms with Crippen molar-refractivity contribution in [2.75, 3.05) is 36.8 Å². The maximum absolute atomic E-state index is 6.18. The lowest BCUT2D eigenvalue weighted by atomic mass is 9.82. The van der Waals surface area contributed by atoms with E-state index >= 15 is 0 Å². The second-order valence-electron chi connectivity index (χ2n) is 8.04. The number of piperidine rings is 1. The van der Waals surface area contributed by atoms with Crippen LogP contribution in [0.2, 0.25) is 0 Å². The van der Waals surface area contributed by atoms with Gasteiger partial charge in [0.15, 0.2) is 0 Å². The van der Waals surface area contributed by atoms with Gasteiger partial charge in [-0.3, -0.25) is 0 Å². The summed E-state index contributed by atoms with van der Waals surface area (Å²) in [6, 6.07) is 10.7. The number of benzene rings is 1. The summed E-state index contributed by atoms with van der Waals surface area (Å²) in [6.07, 6.45) is 4.67. The van der Waals surface area contributed by atoms with Crippen LogP contribution in [0.15, 0.2) is 30.3 Å². The van der Waals surface area contributed by atoms with Gasteiger partial charge in [-0.15, -0.1) is 0 Å². The van der Waals surface area contributed by atoms with Gasteiger partial charge in [0.1, 0.15) is 5.82 Å². The molecule has 0 amide bonds. The Labute approximate surface area is 155 Å². The van der Waals surface area contributed by atoms with Gasteiger partial charge >= 0.3 is 0 Å². The molecule has 1 aromatic heterocycles. The highest BCUT2D eigenvalue weighted by molar-refractivity contribution is 5.56. The van der Waals surface area contributed by atoms with Crippen LogP contribution in [0.4, 0.5) is 11.8 Å². The van der Waals surface area contributed by atoms with Gasteiger partial charge in [-0.2, -0.15) is 4.98 Å². The third-order valence-corrected chi connectivity index (χ3v) is 6.46. The number of rotatable bonds is 2. The second kappa shape index (κ2) is 6.54. The second-order valence-corrected chi connectivity index (χ2v) is 8.04. The summed E-state index contributed by atoms with van der Waals surface area (Å²) in [5.41, 5.74) is 10.0. The highest BCUT2D eigenvalue weighted by Gasteiger charge is 2.37. The molecule has 3 unspecified atom stereocenters. The minimum Gasteiger partial charge on any atom is -0.368 e. The monoisotopic (exact) mass is 349 g/mol. The summed E-state index contributed by atoms with van der Waals surface area (Å²) in [5.74, 6) is 3.41. The SMILES string of the molecule is Nc1nc2c(c(N3CC4CCNCC4C3)n1)CCCC2c1ccccc1. The third-order valence-electron chi connectivity index (χ3n) is 6.46. The van der Waals surface area contributed by atoms with Gasteiger partial charge in [0.2, 0.25) is 5.95 Å². The van der Waals surface area contributed by atoms with Crippen molar-refractivity contribution < 1.29 is 0 Å². The van der Waals surface area contributed by atoms with Gasteiger partial charge in [0.05, 0.1) is 5.69 Å². The number of nitrogens with zero attached hydrogens (tertiary/aromatic N) is 3. The first-order valence-electron chi connectivity index (χ1n) is 9.96. The minimum atomic E-state index is 0.343. The van der Waals surface area contributed by atoms with Crippen LogP contribution < -0.4 is 16.0 Å². The molecule has 0 saturated carbocycles. The maximum Gasteiger partial charge on any atom is 0.222 e. The molecule has 5 nitrogen and oxygen atoms in total. The molecule has 2 saturated heterocycles. The molecule has 3 aliphatic rings. The van der Waals surface area contributed by atoms with Gasteiger partial charge in [-0.05, 0) is 56.2 Å². The molecular formula is C21H27N5. The average molecular weight is 349 g/mol. The standard InChI is InChI=1S/C21H27N5/c22-21-24-19-17(14-5-2-1-3-6-14)7-4-8-18(19)20(25-21)26-12-15-9-10-23-11-16(15)13-26/h1-3,5-6,15-17,23H,4,7-13H2,(H2,22,24,25). The van der Waals surface area contributed by atoms with Crippen molar-refractivity contribution in [3.8, 4) is 0 Å². The van der Waals surface area contributed by atoms with Crippen LogP contribution >= 0.6 is 0 Å². The summed E-state index contributed by atoms with van der Waals surface area (Å²) in [4.78, 5) is 11.9. The lowest BCUT2D eigenvalue weighted by Crippen LogP contribution is -2.35. The number of hydrogen-bond acceptors (Lipinski definition) is 5. The van der Waals surface area contributed by atoms with E-state index in [-0.39, 0.29) is 0 Å². The molecule has 3 atom stereocenters. The molecule has 1 aliphatic carbocycles. The van der Waals surface area contributed by atoms with Gasteiger partial charge in [0, 0.05) is 24.6 Å². The van der Waals surface area contributed by atoms with Gasteiger partial charge in [-0.25, -0.2) is 4.98 Å². The number of nitrogen functional groups attached to an aromatic ring is 1. The predicted octanol–water partition coefficient (Wildman–Crippen LogP) is 2.57. The number of hydrogen-bond donors (Lipinski definition) is 2. The van der Waals surface area contributed by atoms with Crippen molar-refractivity contribution in [1.29, 1.82) is 0 Å². The molecule has 2 aliphatic heterocycles. The van der Waals surface area contributed by atoms with Gasteiger partial charge in [0.25, 0.3) is 0 Å². The molecule has 5 rings (SSSR count). The molecule has 3 N–H and O–H groups in total. The van der Waals surface area contributed by atoms with Crippen LogP contribution in [0.1, 0.15) is 42.0 Å². The Morgan fingerprint density at radius 2 is 1.88 bits per heavy atom. The number of aromatic nitrogens is 2. The molecule has 0 radical (unpaired) electrons. The Balaban J connectivity index is 1.53. The van der Waals surface area contributed by atoms with Gasteiger partial charge < -0.3 is 16.0 Å². The Morgan fingerprint density at radius 1 is 1.04 bits per heavy atom. The van der Waals surface area contributed by atoms with Crippen LogP contribution in [-0.2, 0) is 6.42 Å². The molecule has 0 spiro atoms. The zero-order chi connectivity index (χ0) is 17.5. The van der Waals surface area contributed by atoms with Crippen LogP contribution in [-0.4, -0.2) is 36.1 Å². The molecule has 136 valence electrons. The van der Waals surface area contributed by atoms with Crippen LogP contribution in [0.25, 0.3) is 0 Å². The first-order chi connectivity index (χ1) is 12.8. The molecule has 2 fully saturated rings. The smallest absolute Gasteiger partial charge is 0.222 e. The number of nitrogens with two attached hydrogens (primary N) is 1. The van der Waals surface area contributed by atoms with E-state index in [0.717, 1.165) is 62.4 Å². The Morgan fingerprint density at radius 3 is 2.73 bits per heavy atom. The molecule has 2 aromatic rings. The number of fused-ring (bicyclic) bond motifs is 2. The Hall–Kier alpha value is -2.14. The minimum absolute atomic E-state index is 0.343. The van der Waals surface area contributed by atoms with Crippen molar-refractivity contribution in [2.24, 2.45) is 11.8 Å². The Bertz CT molecular complexity index is 776. The van der Waals surface area contributed by atoms with Gasteiger partial charge in [-0.1, -0.05) is 30.3 Å². The third kappa shape index (κ3) is 2.75. The quantitative estimate of drug-likeness (QED) is 0.872. The first-order valence-corrected chi connectivity index (χ1v) is 9.96. The maximum atomic E-state index is 6.18. The van der Waals surface area contributed by atoms with Crippen molar-refractivity contribution in [1.82, 2.24) is 15.3 Å². The Kier molecular flexibility index (Phi) is 4.04. The molecule has 3 heterocycles. The molecule has 0 bridgehead atoms. The summed E-state index contributed by atoms with van der Waals surface area (Å²) in [6.45, 7) is 4.49. The van der Waals surface area contributed by atoms with Crippen LogP contribution in [0.3, 0.4) is 0 Å². The van der Waals surface area contributed by atoms with E-state index < -0.39 is 0 Å². The average Bonchev–Trinajstić information content (AvgIpc) is 3.11. The zero-order valence-corrected chi connectivity index (χ0v) is 15.2. The van der Waals surface area contributed by atoms with E-state index in [9.17, 15) is 0 Å². The fourth-order valence-corrected chi connectivity index (χ4v) is 5.17. The van der Waals surface area contributed by atoms with E-state index in [1.807, 2.05) is 0 Å². The van der Waals surface area contributed by atoms with E-state index in [2.05, 4.69) is 40.5 Å². The highest BCUT2D eigenvalue weighted by Crippen LogP contribution is 2.41. The predicted molar refractivity (Wildman–Crippen MR) is 104 cm³/mol. The summed E-state index contributed by atoms with van der Waals surface area (Å²) in [5, 5.41) is 3.55. The highest BCUT2D eigenvalue weighted by atomic mass is 15.2. The van der Waals surface area contributed by atoms with Crippen molar-refractivity contribution >= 4 is 11.8 Å². The van der Waals surface area contributed by atoms with Crippen LogP contribution in [0.5, 0.6) is 0 Å². The van der Waals surface area contributed by atoms with Crippen LogP contribution in [0, 0.1) is 11.8 Å². The molecule has 5 heteroatoms. The van der Waals surface area contributed by atoms with Crippen molar-refractivity contribution in [3.63, 3.8) is 0 Å². The van der Waals surface area contributed by atoms with Crippen molar-refractivity contribution in [3.05, 3.63) is 47.2 Å². The summed E-state index contributed by atoms with van der Waals surface area (Å²) >= 11 is 0. The molecule has 1 aromatic carbocycles. The normalized spacial score (nSPS) is 27.8. The van der Waals surface area contributed by atoms with E-state index in [1.54, 1.807) is 0 Å².